The lowest BCUT2D eigenvalue weighted by molar-refractivity contribution is -0.384. The maximum absolute atomic E-state index is 14.0. The number of non-ortho nitro benzene ring substituents is 1. The molecule has 37 heavy (non-hydrogen) atoms. The molecular formula is C27H29N5O5. The molecule has 0 aromatic heterocycles. The number of carbonyl (C=O) groups excluding carboxylic acids is 3. The summed E-state index contributed by atoms with van der Waals surface area (Å²) in [7, 11) is 0. The van der Waals surface area contributed by atoms with Crippen LogP contribution >= 0.6 is 0 Å². The Balaban J connectivity index is 1.53. The van der Waals surface area contributed by atoms with Gasteiger partial charge in [0.05, 0.1) is 11.0 Å². The summed E-state index contributed by atoms with van der Waals surface area (Å²) in [6.07, 6.45) is 4.08. The second-order valence-electron chi connectivity index (χ2n) is 10.0. The SMILES string of the molecule is CC(C)N1C(=O)NC(=O)[C@]2(Cc3cc([N+](=O)[O-])ccc3N3CCN(C/C=C/c4ccccc4)C[C@H]32)C1=O. The topological polar surface area (TPSA) is 116 Å². The monoisotopic (exact) mass is 503 g/mol. The van der Waals surface area contributed by atoms with E-state index in [1.54, 1.807) is 19.9 Å². The second-order valence-corrected chi connectivity index (χ2v) is 10.0. The van der Waals surface area contributed by atoms with Gasteiger partial charge >= 0.3 is 6.03 Å². The summed E-state index contributed by atoms with van der Waals surface area (Å²) in [6.45, 7) is 5.72. The van der Waals surface area contributed by atoms with Gasteiger partial charge in [0.25, 0.3) is 5.69 Å². The largest absolute Gasteiger partial charge is 0.364 e. The zero-order valence-corrected chi connectivity index (χ0v) is 20.8. The van der Waals surface area contributed by atoms with Crippen LogP contribution in [0.5, 0.6) is 0 Å². The molecule has 0 unspecified atom stereocenters. The number of nitro groups is 1. The number of anilines is 1. The minimum absolute atomic E-state index is 0.0138. The van der Waals surface area contributed by atoms with Crippen molar-refractivity contribution in [2.45, 2.75) is 32.4 Å². The fourth-order valence-corrected chi connectivity index (χ4v) is 5.73. The number of piperazine rings is 1. The first-order valence-corrected chi connectivity index (χ1v) is 12.4. The first kappa shape index (κ1) is 24.6. The van der Waals surface area contributed by atoms with Crippen molar-refractivity contribution in [3.63, 3.8) is 0 Å². The quantitative estimate of drug-likeness (QED) is 0.379. The van der Waals surface area contributed by atoms with Crippen LogP contribution in [0.4, 0.5) is 16.2 Å². The fourth-order valence-electron chi connectivity index (χ4n) is 5.73. The summed E-state index contributed by atoms with van der Waals surface area (Å²) in [5, 5.41) is 13.9. The van der Waals surface area contributed by atoms with Crippen LogP contribution in [0.3, 0.4) is 0 Å². The Hall–Kier alpha value is -4.05. The molecule has 4 amide bonds. The van der Waals surface area contributed by atoms with Crippen LogP contribution in [-0.2, 0) is 16.0 Å². The van der Waals surface area contributed by atoms with E-state index in [-0.39, 0.29) is 12.1 Å². The van der Waals surface area contributed by atoms with Gasteiger partial charge in [-0.3, -0.25) is 34.8 Å². The molecule has 10 heteroatoms. The number of amides is 4. The molecule has 1 spiro atoms. The van der Waals surface area contributed by atoms with E-state index in [0.29, 0.717) is 31.7 Å². The minimum Gasteiger partial charge on any atom is -0.364 e. The number of carbonyl (C=O) groups is 3. The van der Waals surface area contributed by atoms with E-state index in [1.165, 1.54) is 12.1 Å². The predicted molar refractivity (Wildman–Crippen MR) is 138 cm³/mol. The van der Waals surface area contributed by atoms with Gasteiger partial charge < -0.3 is 4.90 Å². The molecule has 0 aliphatic carbocycles. The molecule has 3 aliphatic rings. The van der Waals surface area contributed by atoms with Gasteiger partial charge in [-0.2, -0.15) is 0 Å². The van der Waals surface area contributed by atoms with Crippen LogP contribution in [0.25, 0.3) is 6.08 Å². The Bertz CT molecular complexity index is 1290. The van der Waals surface area contributed by atoms with E-state index in [1.807, 2.05) is 41.3 Å². The molecular weight excluding hydrogens is 474 g/mol. The lowest BCUT2D eigenvalue weighted by atomic mass is 9.67. The average Bonchev–Trinajstić information content (AvgIpc) is 2.87. The van der Waals surface area contributed by atoms with E-state index >= 15 is 0 Å². The summed E-state index contributed by atoms with van der Waals surface area (Å²) >= 11 is 0. The molecule has 1 N–H and O–H groups in total. The Morgan fingerprint density at radius 2 is 1.89 bits per heavy atom. The van der Waals surface area contributed by atoms with Gasteiger partial charge in [0, 0.05) is 56.5 Å². The fraction of sp³-hybridized carbons (Fsp3) is 0.370. The van der Waals surface area contributed by atoms with Gasteiger partial charge in [0.2, 0.25) is 11.8 Å². The van der Waals surface area contributed by atoms with Gasteiger partial charge in [0.1, 0.15) is 0 Å². The molecule has 5 rings (SSSR count). The highest BCUT2D eigenvalue weighted by molar-refractivity contribution is 6.20. The third kappa shape index (κ3) is 4.17. The summed E-state index contributed by atoms with van der Waals surface area (Å²) in [5.74, 6) is -1.20. The summed E-state index contributed by atoms with van der Waals surface area (Å²) in [6, 6.07) is 12.8. The van der Waals surface area contributed by atoms with Crippen molar-refractivity contribution in [1.29, 1.82) is 0 Å². The molecule has 3 heterocycles. The first-order valence-electron chi connectivity index (χ1n) is 12.4. The van der Waals surface area contributed by atoms with Crippen molar-refractivity contribution in [3.8, 4) is 0 Å². The minimum atomic E-state index is -1.58. The van der Waals surface area contributed by atoms with Crippen molar-refractivity contribution in [3.05, 3.63) is 75.8 Å². The van der Waals surface area contributed by atoms with Crippen LogP contribution in [0.15, 0.2) is 54.6 Å². The van der Waals surface area contributed by atoms with Gasteiger partial charge in [0.15, 0.2) is 5.41 Å². The Labute approximate surface area is 214 Å². The predicted octanol–water partition coefficient (Wildman–Crippen LogP) is 2.83. The molecule has 192 valence electrons. The van der Waals surface area contributed by atoms with Crippen LogP contribution in [0.1, 0.15) is 25.0 Å². The number of nitrogens with zero attached hydrogens (tertiary/aromatic N) is 4. The average molecular weight is 504 g/mol. The number of hydrogen-bond acceptors (Lipinski definition) is 7. The number of fused-ring (bicyclic) bond motifs is 4. The number of barbiturate groups is 1. The van der Waals surface area contributed by atoms with Gasteiger partial charge in [-0.25, -0.2) is 4.79 Å². The third-order valence-corrected chi connectivity index (χ3v) is 7.52. The molecule has 0 saturated carbocycles. The van der Waals surface area contributed by atoms with E-state index in [9.17, 15) is 24.5 Å². The number of benzene rings is 2. The second kappa shape index (κ2) is 9.44. The number of nitrogens with one attached hydrogen (secondary N) is 1. The molecule has 3 aliphatic heterocycles. The third-order valence-electron chi connectivity index (χ3n) is 7.52. The van der Waals surface area contributed by atoms with Gasteiger partial charge in [-0.1, -0.05) is 42.5 Å². The maximum atomic E-state index is 14.0. The maximum Gasteiger partial charge on any atom is 0.331 e. The smallest absolute Gasteiger partial charge is 0.331 e. The highest BCUT2D eigenvalue weighted by Crippen LogP contribution is 2.46. The van der Waals surface area contributed by atoms with Crippen molar-refractivity contribution in [2.75, 3.05) is 31.1 Å². The first-order chi connectivity index (χ1) is 17.7. The highest BCUT2D eigenvalue weighted by atomic mass is 16.6. The zero-order valence-electron chi connectivity index (χ0n) is 20.8. The molecule has 2 aromatic carbocycles. The Morgan fingerprint density at radius 1 is 1.14 bits per heavy atom. The van der Waals surface area contributed by atoms with E-state index in [0.717, 1.165) is 16.2 Å². The number of urea groups is 1. The molecule has 2 saturated heterocycles. The number of nitro benzene ring substituents is 1. The summed E-state index contributed by atoms with van der Waals surface area (Å²) < 4.78 is 0. The lowest BCUT2D eigenvalue weighted by Crippen LogP contribution is -2.75. The van der Waals surface area contributed by atoms with Crippen molar-refractivity contribution in [2.24, 2.45) is 5.41 Å². The van der Waals surface area contributed by atoms with Crippen molar-refractivity contribution in [1.82, 2.24) is 15.1 Å². The number of imide groups is 2. The standard InChI is InChI=1S/C27H29N5O5/c1-18(2)31-25(34)27(24(33)28-26(31)35)16-20-15-21(32(36)37)10-11-22(20)30-14-13-29(17-23(27)30)12-6-9-19-7-4-3-5-8-19/h3-11,15,18,23H,12-14,16-17H2,1-2H3,(H,28,33,35)/b9-6+/t23-,27+/m0/s1. The van der Waals surface area contributed by atoms with Crippen LogP contribution in [0.2, 0.25) is 0 Å². The molecule has 2 atom stereocenters. The summed E-state index contributed by atoms with van der Waals surface area (Å²) in [4.78, 5) is 56.5. The summed E-state index contributed by atoms with van der Waals surface area (Å²) in [5.41, 5.74) is 0.748. The Kier molecular flexibility index (Phi) is 6.28. The molecule has 0 radical (unpaired) electrons. The highest BCUT2D eigenvalue weighted by Gasteiger charge is 2.63. The number of rotatable bonds is 5. The van der Waals surface area contributed by atoms with E-state index in [2.05, 4.69) is 16.3 Å². The van der Waals surface area contributed by atoms with Crippen molar-refractivity contribution >= 4 is 35.3 Å². The van der Waals surface area contributed by atoms with Crippen LogP contribution in [-0.4, -0.2) is 70.8 Å². The van der Waals surface area contributed by atoms with Crippen LogP contribution < -0.4 is 10.2 Å². The number of hydrogen-bond donors (Lipinski definition) is 1. The Morgan fingerprint density at radius 3 is 2.59 bits per heavy atom. The lowest BCUT2D eigenvalue weighted by Gasteiger charge is -2.55. The van der Waals surface area contributed by atoms with E-state index in [4.69, 9.17) is 0 Å². The molecule has 2 fully saturated rings. The van der Waals surface area contributed by atoms with Crippen molar-refractivity contribution < 1.29 is 19.3 Å². The molecule has 2 aromatic rings. The van der Waals surface area contributed by atoms with Crippen LogP contribution in [0, 0.1) is 15.5 Å². The molecule has 0 bridgehead atoms. The zero-order chi connectivity index (χ0) is 26.3. The van der Waals surface area contributed by atoms with Gasteiger partial charge in [-0.15, -0.1) is 0 Å². The normalized spacial score (nSPS) is 24.0. The van der Waals surface area contributed by atoms with Gasteiger partial charge in [-0.05, 0) is 31.0 Å². The van der Waals surface area contributed by atoms with E-state index < -0.39 is 40.3 Å². The molecule has 10 nitrogen and oxygen atoms in total.